The van der Waals surface area contributed by atoms with Crippen LogP contribution in [-0.2, 0) is 16.1 Å². The lowest BCUT2D eigenvalue weighted by Crippen LogP contribution is -2.49. The summed E-state index contributed by atoms with van der Waals surface area (Å²) < 4.78 is 7.31. The number of morpholine rings is 1. The first-order valence-corrected chi connectivity index (χ1v) is 13.4. The van der Waals surface area contributed by atoms with Crippen LogP contribution in [0.1, 0.15) is 26.7 Å². The molecule has 9 heteroatoms. The third-order valence-corrected chi connectivity index (χ3v) is 8.42. The van der Waals surface area contributed by atoms with Gasteiger partial charge in [0, 0.05) is 48.5 Å². The summed E-state index contributed by atoms with van der Waals surface area (Å²) in [5, 5.41) is 4.60. The number of nitrogens with zero attached hydrogens (tertiary/aromatic N) is 4. The van der Waals surface area contributed by atoms with Gasteiger partial charge in [-0.15, -0.1) is 22.7 Å². The van der Waals surface area contributed by atoms with Crippen molar-refractivity contribution in [3.8, 4) is 10.4 Å². The number of likely N-dealkylation sites (tertiary alicyclic amines) is 1. The number of aromatic nitrogens is 2. The van der Waals surface area contributed by atoms with Gasteiger partial charge in [-0.3, -0.25) is 19.1 Å². The van der Waals surface area contributed by atoms with Crippen LogP contribution in [0, 0.1) is 5.92 Å². The topological polar surface area (TPSA) is 67.7 Å². The van der Waals surface area contributed by atoms with Crippen molar-refractivity contribution in [1.82, 2.24) is 19.4 Å². The summed E-state index contributed by atoms with van der Waals surface area (Å²) in [6.07, 6.45) is 4.09. The van der Waals surface area contributed by atoms with E-state index in [-0.39, 0.29) is 30.2 Å². The molecule has 2 atom stereocenters. The lowest BCUT2D eigenvalue weighted by molar-refractivity contribution is -0.133. The number of hydrogen-bond acceptors (Lipinski definition) is 7. The zero-order valence-corrected chi connectivity index (χ0v) is 20.7. The molecule has 2 aliphatic heterocycles. The van der Waals surface area contributed by atoms with E-state index < -0.39 is 0 Å². The van der Waals surface area contributed by atoms with Crippen molar-refractivity contribution in [3.63, 3.8) is 0 Å². The Labute approximate surface area is 201 Å². The van der Waals surface area contributed by atoms with Crippen LogP contribution in [0.15, 0.2) is 34.0 Å². The molecule has 176 valence electrons. The summed E-state index contributed by atoms with van der Waals surface area (Å²) in [7, 11) is 0. The minimum atomic E-state index is -0.136. The van der Waals surface area contributed by atoms with Gasteiger partial charge in [0.25, 0.3) is 5.56 Å². The first-order chi connectivity index (χ1) is 16.0. The molecule has 0 saturated carbocycles. The van der Waals surface area contributed by atoms with E-state index in [0.717, 1.165) is 60.8 Å². The normalized spacial score (nSPS) is 22.8. The van der Waals surface area contributed by atoms with Crippen molar-refractivity contribution in [2.75, 3.05) is 32.7 Å². The minimum absolute atomic E-state index is 0.00165. The Kier molecular flexibility index (Phi) is 6.65. The second-order valence-electron chi connectivity index (χ2n) is 9.28. The van der Waals surface area contributed by atoms with Crippen LogP contribution >= 0.6 is 22.7 Å². The van der Waals surface area contributed by atoms with Crippen LogP contribution in [0.5, 0.6) is 0 Å². The monoisotopic (exact) mass is 486 g/mol. The molecule has 0 N–H and O–H groups in total. The second-order valence-corrected chi connectivity index (χ2v) is 11.1. The molecular weight excluding hydrogens is 456 g/mol. The fourth-order valence-electron chi connectivity index (χ4n) is 5.10. The highest BCUT2D eigenvalue weighted by Gasteiger charge is 2.28. The highest BCUT2D eigenvalue weighted by Crippen LogP contribution is 2.33. The summed E-state index contributed by atoms with van der Waals surface area (Å²) >= 11 is 3.08. The molecule has 2 unspecified atom stereocenters. The molecule has 33 heavy (non-hydrogen) atoms. The molecule has 5 heterocycles. The summed E-state index contributed by atoms with van der Waals surface area (Å²) in [5.74, 6) is 0.602. The molecule has 0 aliphatic carbocycles. The van der Waals surface area contributed by atoms with Gasteiger partial charge in [-0.2, -0.15) is 0 Å². The lowest BCUT2D eigenvalue weighted by Gasteiger charge is -2.39. The molecule has 2 aliphatic rings. The van der Waals surface area contributed by atoms with Crippen molar-refractivity contribution in [2.24, 2.45) is 5.92 Å². The maximum absolute atomic E-state index is 13.2. The van der Waals surface area contributed by atoms with E-state index >= 15 is 0 Å². The van der Waals surface area contributed by atoms with Gasteiger partial charge < -0.3 is 9.64 Å². The third-order valence-electron chi connectivity index (χ3n) is 6.63. The minimum Gasteiger partial charge on any atom is -0.373 e. The Bertz CT molecular complexity index is 1150. The van der Waals surface area contributed by atoms with Gasteiger partial charge in [0.15, 0.2) is 0 Å². The smallest absolute Gasteiger partial charge is 0.263 e. The number of rotatable bonds is 5. The number of piperidine rings is 1. The Morgan fingerprint density at radius 3 is 2.64 bits per heavy atom. The fraction of sp³-hybridized carbons (Fsp3) is 0.542. The zero-order chi connectivity index (χ0) is 22.9. The van der Waals surface area contributed by atoms with Crippen LogP contribution in [0.2, 0.25) is 0 Å². The van der Waals surface area contributed by atoms with Gasteiger partial charge in [0.05, 0.1) is 23.9 Å². The first-order valence-electron chi connectivity index (χ1n) is 11.6. The molecule has 3 aromatic heterocycles. The second kappa shape index (κ2) is 9.66. The molecule has 0 spiro atoms. The molecular formula is C24H30N4O3S2. The van der Waals surface area contributed by atoms with Crippen LogP contribution in [-0.4, -0.2) is 70.2 Å². The van der Waals surface area contributed by atoms with E-state index in [4.69, 9.17) is 4.74 Å². The first kappa shape index (κ1) is 22.7. The van der Waals surface area contributed by atoms with Gasteiger partial charge in [-0.05, 0) is 44.1 Å². The standard InChI is InChI=1S/C24H30N4O3S2/c1-16-10-26(11-17(2)31-16)12-18-5-7-27(8-6-18)21(29)13-28-15-25-23-22(24(28)30)19(14-33-23)20-4-3-9-32-20/h3-4,9,14-18H,5-8,10-13H2,1-2H3. The van der Waals surface area contributed by atoms with Crippen molar-refractivity contribution in [1.29, 1.82) is 0 Å². The highest BCUT2D eigenvalue weighted by molar-refractivity contribution is 7.18. The van der Waals surface area contributed by atoms with E-state index in [1.807, 2.05) is 27.8 Å². The van der Waals surface area contributed by atoms with E-state index in [9.17, 15) is 9.59 Å². The number of fused-ring (bicyclic) bond motifs is 1. The Hall–Kier alpha value is -2.07. The lowest BCUT2D eigenvalue weighted by atomic mass is 9.95. The number of ether oxygens (including phenoxy) is 1. The molecule has 0 bridgehead atoms. The van der Waals surface area contributed by atoms with E-state index in [1.54, 1.807) is 11.3 Å². The number of carbonyl (C=O) groups is 1. The van der Waals surface area contributed by atoms with Gasteiger partial charge >= 0.3 is 0 Å². The Balaban J connectivity index is 1.21. The summed E-state index contributed by atoms with van der Waals surface area (Å²) in [6.45, 7) is 8.87. The number of thiophene rings is 2. The van der Waals surface area contributed by atoms with Crippen molar-refractivity contribution >= 4 is 38.8 Å². The molecule has 7 nitrogen and oxygen atoms in total. The molecule has 2 saturated heterocycles. The van der Waals surface area contributed by atoms with E-state index in [0.29, 0.717) is 11.3 Å². The fourth-order valence-corrected chi connectivity index (χ4v) is 6.82. The molecule has 0 radical (unpaired) electrons. The largest absolute Gasteiger partial charge is 0.373 e. The van der Waals surface area contributed by atoms with Gasteiger partial charge in [-0.1, -0.05) is 6.07 Å². The van der Waals surface area contributed by atoms with Gasteiger partial charge in [0.1, 0.15) is 11.4 Å². The molecule has 1 amide bonds. The molecule has 3 aromatic rings. The van der Waals surface area contributed by atoms with Crippen molar-refractivity contribution < 1.29 is 9.53 Å². The van der Waals surface area contributed by atoms with E-state index in [1.165, 1.54) is 22.2 Å². The van der Waals surface area contributed by atoms with Crippen LogP contribution in [0.25, 0.3) is 20.7 Å². The number of hydrogen-bond donors (Lipinski definition) is 0. The van der Waals surface area contributed by atoms with Crippen LogP contribution in [0.3, 0.4) is 0 Å². The van der Waals surface area contributed by atoms with Crippen LogP contribution < -0.4 is 5.56 Å². The third kappa shape index (κ3) is 4.91. The quantitative estimate of drug-likeness (QED) is 0.552. The van der Waals surface area contributed by atoms with Crippen molar-refractivity contribution in [3.05, 3.63) is 39.6 Å². The molecule has 5 rings (SSSR count). The molecule has 0 aromatic carbocycles. The van der Waals surface area contributed by atoms with Gasteiger partial charge in [-0.25, -0.2) is 4.98 Å². The summed E-state index contributed by atoms with van der Waals surface area (Å²) in [5.41, 5.74) is 0.778. The highest BCUT2D eigenvalue weighted by atomic mass is 32.1. The van der Waals surface area contributed by atoms with Crippen molar-refractivity contribution in [2.45, 2.75) is 45.4 Å². The molecule has 2 fully saturated rings. The maximum atomic E-state index is 13.2. The predicted molar refractivity (Wildman–Crippen MR) is 133 cm³/mol. The summed E-state index contributed by atoms with van der Waals surface area (Å²) in [6, 6.07) is 3.99. The average molecular weight is 487 g/mol. The maximum Gasteiger partial charge on any atom is 0.263 e. The number of carbonyl (C=O) groups excluding carboxylic acids is 1. The van der Waals surface area contributed by atoms with Gasteiger partial charge in [0.2, 0.25) is 5.91 Å². The zero-order valence-electron chi connectivity index (χ0n) is 19.1. The summed E-state index contributed by atoms with van der Waals surface area (Å²) in [4.78, 5) is 36.9. The Morgan fingerprint density at radius 2 is 1.94 bits per heavy atom. The Morgan fingerprint density at radius 1 is 1.18 bits per heavy atom. The predicted octanol–water partition coefficient (Wildman–Crippen LogP) is 3.53. The van der Waals surface area contributed by atoms with E-state index in [2.05, 4.69) is 23.7 Å². The van der Waals surface area contributed by atoms with Crippen LogP contribution in [0.4, 0.5) is 0 Å². The average Bonchev–Trinajstić information content (AvgIpc) is 3.45. The number of amides is 1. The SMILES string of the molecule is CC1CN(CC2CCN(C(=O)Cn3cnc4scc(-c5cccs5)c4c3=O)CC2)CC(C)O1.